The molecule has 0 amide bonds. The average Bonchev–Trinajstić information content (AvgIpc) is 3.02. The van der Waals surface area contributed by atoms with Crippen molar-refractivity contribution in [1.29, 1.82) is 0 Å². The van der Waals surface area contributed by atoms with Crippen LogP contribution in [0.5, 0.6) is 0 Å². The van der Waals surface area contributed by atoms with E-state index in [2.05, 4.69) is 154 Å². The summed E-state index contributed by atoms with van der Waals surface area (Å²) in [6, 6.07) is 42.6. The second-order valence-corrected chi connectivity index (χ2v) is 11.4. The minimum atomic E-state index is 1.25. The first kappa shape index (κ1) is 25.6. The lowest BCUT2D eigenvalue weighted by atomic mass is 9.59. The van der Waals surface area contributed by atoms with Crippen LogP contribution in [0, 0.1) is 0 Å². The van der Waals surface area contributed by atoms with Gasteiger partial charge in [0.05, 0.1) is 0 Å². The van der Waals surface area contributed by atoms with Crippen molar-refractivity contribution < 1.29 is 0 Å². The molecule has 7 aromatic carbocycles. The third-order valence-electron chi connectivity index (χ3n) is 9.45. The molecule has 41 heavy (non-hydrogen) atoms. The largest absolute Gasteiger partial charge is 0.139 e. The molecule has 188 valence electrons. The number of hydrogen-bond donors (Lipinski definition) is 0. The summed E-state index contributed by atoms with van der Waals surface area (Å²) in [5.74, 6) is 0. The Labute approximate surface area is 246 Å². The molecule has 0 fully saturated rings. The second-order valence-electron chi connectivity index (χ2n) is 11.4. The number of hydrogen-bond acceptors (Lipinski definition) is 0. The van der Waals surface area contributed by atoms with E-state index in [0.29, 0.717) is 0 Å². The maximum atomic E-state index is 2.32. The first-order chi connectivity index (χ1) is 20.0. The molecule has 0 saturated heterocycles. The highest BCUT2D eigenvalue weighted by Crippen LogP contribution is 2.45. The standard InChI is InChI=1S/C36H29B5/c37-32-30(33(38)35(40)36(41)34(32)39)22-18-16-21(17-19-22)29-25-11-3-5-13-27(25)31(28-14-6-4-12-26(28)29)24-15-7-9-20-8-1-2-10-23(20)24/h1-19H,37-41H2. The van der Waals surface area contributed by atoms with E-state index < -0.39 is 0 Å². The van der Waals surface area contributed by atoms with Gasteiger partial charge in [0.2, 0.25) is 0 Å². The van der Waals surface area contributed by atoms with Crippen LogP contribution in [0.4, 0.5) is 0 Å². The smallest absolute Gasteiger partial charge is 0.102 e. The van der Waals surface area contributed by atoms with Crippen molar-refractivity contribution in [3.8, 4) is 33.4 Å². The minimum Gasteiger partial charge on any atom is -0.102 e. The van der Waals surface area contributed by atoms with Crippen molar-refractivity contribution in [3.63, 3.8) is 0 Å². The van der Waals surface area contributed by atoms with Crippen LogP contribution in [0.1, 0.15) is 0 Å². The Morgan fingerprint density at radius 1 is 0.293 bits per heavy atom. The normalized spacial score (nSPS) is 11.4. The van der Waals surface area contributed by atoms with Gasteiger partial charge in [0.1, 0.15) is 39.2 Å². The van der Waals surface area contributed by atoms with Gasteiger partial charge in [0.25, 0.3) is 0 Å². The van der Waals surface area contributed by atoms with Gasteiger partial charge in [-0.05, 0) is 65.7 Å². The quantitative estimate of drug-likeness (QED) is 0.247. The van der Waals surface area contributed by atoms with Gasteiger partial charge < -0.3 is 0 Å². The fraction of sp³-hybridized carbons (Fsp3) is 0. The molecule has 0 aliphatic carbocycles. The van der Waals surface area contributed by atoms with Crippen molar-refractivity contribution in [3.05, 3.63) is 115 Å². The zero-order chi connectivity index (χ0) is 28.2. The molecule has 0 radical (unpaired) electrons. The predicted octanol–water partition coefficient (Wildman–Crippen LogP) is 1.44. The molecule has 0 aliphatic rings. The summed E-state index contributed by atoms with van der Waals surface area (Å²) >= 11 is 0. The fourth-order valence-corrected chi connectivity index (χ4v) is 6.91. The highest BCUT2D eigenvalue weighted by atomic mass is 14.2. The lowest BCUT2D eigenvalue weighted by molar-refractivity contribution is 1.65. The zero-order valence-corrected chi connectivity index (χ0v) is 24.5. The molecule has 0 spiro atoms. The summed E-state index contributed by atoms with van der Waals surface area (Å²) in [7, 11) is 11.3. The van der Waals surface area contributed by atoms with E-state index >= 15 is 0 Å². The fourth-order valence-electron chi connectivity index (χ4n) is 6.91. The Morgan fingerprint density at radius 2 is 0.683 bits per heavy atom. The van der Waals surface area contributed by atoms with Crippen LogP contribution in [0.15, 0.2) is 115 Å². The molecule has 5 heteroatoms. The molecular formula is C36H29B5. The number of rotatable bonds is 3. The summed E-state index contributed by atoms with van der Waals surface area (Å²) in [4.78, 5) is 0. The van der Waals surface area contributed by atoms with Gasteiger partial charge in [-0.25, -0.2) is 0 Å². The van der Waals surface area contributed by atoms with Crippen molar-refractivity contribution in [2.45, 2.75) is 0 Å². The SMILES string of the molecule is Bc1c(B)c(B)c(-c2ccc(-c3c4ccccc4c(-c4cccc5ccccc45)c4ccccc34)cc2)c(B)c1B. The van der Waals surface area contributed by atoms with Crippen LogP contribution in [0.25, 0.3) is 65.7 Å². The van der Waals surface area contributed by atoms with Crippen molar-refractivity contribution in [2.24, 2.45) is 0 Å². The molecule has 0 N–H and O–H groups in total. The Bertz CT molecular complexity index is 2050. The summed E-state index contributed by atoms with van der Waals surface area (Å²) < 4.78 is 0. The Kier molecular flexibility index (Phi) is 6.20. The van der Waals surface area contributed by atoms with E-state index in [1.54, 1.807) is 0 Å². The molecule has 0 aromatic heterocycles. The molecule has 7 rings (SSSR count). The lowest BCUT2D eigenvalue weighted by Crippen LogP contribution is -2.55. The van der Waals surface area contributed by atoms with Gasteiger partial charge in [-0.3, -0.25) is 0 Å². The summed E-state index contributed by atoms with van der Waals surface area (Å²) in [5.41, 5.74) is 14.8. The summed E-state index contributed by atoms with van der Waals surface area (Å²) in [6.07, 6.45) is 0. The summed E-state index contributed by atoms with van der Waals surface area (Å²) in [6.45, 7) is 0. The van der Waals surface area contributed by atoms with Gasteiger partial charge >= 0.3 is 0 Å². The number of fused-ring (bicyclic) bond motifs is 3. The first-order valence-corrected chi connectivity index (χ1v) is 14.5. The summed E-state index contributed by atoms with van der Waals surface area (Å²) in [5, 5.41) is 7.71. The Balaban J connectivity index is 1.50. The van der Waals surface area contributed by atoms with Gasteiger partial charge in [-0.15, -0.1) is 16.4 Å². The molecule has 0 nitrogen and oxygen atoms in total. The van der Waals surface area contributed by atoms with Crippen LogP contribution in [0.2, 0.25) is 0 Å². The Morgan fingerprint density at radius 3 is 1.22 bits per heavy atom. The van der Waals surface area contributed by atoms with E-state index in [-0.39, 0.29) is 0 Å². The third-order valence-corrected chi connectivity index (χ3v) is 9.45. The van der Waals surface area contributed by atoms with Crippen LogP contribution < -0.4 is 27.3 Å². The van der Waals surface area contributed by atoms with E-state index in [4.69, 9.17) is 0 Å². The van der Waals surface area contributed by atoms with Crippen LogP contribution in [0.3, 0.4) is 0 Å². The van der Waals surface area contributed by atoms with E-state index in [0.717, 1.165) is 0 Å². The maximum absolute atomic E-state index is 2.32. The molecule has 0 aliphatic heterocycles. The predicted molar refractivity (Wildman–Crippen MR) is 196 cm³/mol. The molecule has 0 unspecified atom stereocenters. The topological polar surface area (TPSA) is 0 Å². The third kappa shape index (κ3) is 3.98. The van der Waals surface area contributed by atoms with Crippen molar-refractivity contribution in [2.75, 3.05) is 0 Å². The molecule has 0 heterocycles. The lowest BCUT2D eigenvalue weighted by Gasteiger charge is -2.21. The van der Waals surface area contributed by atoms with E-state index in [9.17, 15) is 0 Å². The molecule has 0 atom stereocenters. The van der Waals surface area contributed by atoms with E-state index in [1.807, 2.05) is 0 Å². The van der Waals surface area contributed by atoms with Gasteiger partial charge in [0.15, 0.2) is 0 Å². The Hall–Kier alpha value is -4.36. The molecular weight excluding hydrogens is 486 g/mol. The monoisotopic (exact) mass is 516 g/mol. The molecule has 7 aromatic rings. The van der Waals surface area contributed by atoms with Gasteiger partial charge in [-0.2, -0.15) is 0 Å². The van der Waals surface area contributed by atoms with Crippen LogP contribution >= 0.6 is 0 Å². The zero-order valence-electron chi connectivity index (χ0n) is 24.5. The van der Waals surface area contributed by atoms with Crippen LogP contribution in [-0.4, -0.2) is 39.2 Å². The highest BCUT2D eigenvalue weighted by Gasteiger charge is 2.18. The van der Waals surface area contributed by atoms with Crippen molar-refractivity contribution in [1.82, 2.24) is 0 Å². The highest BCUT2D eigenvalue weighted by molar-refractivity contribution is 6.68. The number of benzene rings is 7. The molecule has 0 bridgehead atoms. The minimum absolute atomic E-state index is 1.25. The van der Waals surface area contributed by atoms with Crippen LogP contribution in [-0.2, 0) is 0 Å². The van der Waals surface area contributed by atoms with Gasteiger partial charge in [-0.1, -0.05) is 126 Å². The maximum Gasteiger partial charge on any atom is 0.139 e. The second kappa shape index (κ2) is 9.93. The van der Waals surface area contributed by atoms with Crippen molar-refractivity contribution >= 4 is 98.9 Å². The van der Waals surface area contributed by atoms with Gasteiger partial charge in [0, 0.05) is 0 Å². The van der Waals surface area contributed by atoms with E-state index in [1.165, 1.54) is 93.0 Å². The molecule has 0 saturated carbocycles. The average molecular weight is 516 g/mol. The first-order valence-electron chi connectivity index (χ1n) is 14.5.